The van der Waals surface area contributed by atoms with Crippen molar-refractivity contribution in [1.82, 2.24) is 10.2 Å². The smallest absolute Gasteiger partial charge is 0.0588 e. The molecule has 2 saturated heterocycles. The molecule has 2 fully saturated rings. The minimum absolute atomic E-state index is 0.312. The number of hydrogen-bond acceptors (Lipinski definition) is 3. The van der Waals surface area contributed by atoms with E-state index in [4.69, 9.17) is 4.74 Å². The van der Waals surface area contributed by atoms with Gasteiger partial charge >= 0.3 is 0 Å². The lowest BCUT2D eigenvalue weighted by Gasteiger charge is -2.53. The molecule has 0 aromatic heterocycles. The van der Waals surface area contributed by atoms with Gasteiger partial charge in [-0.05, 0) is 45.4 Å². The summed E-state index contributed by atoms with van der Waals surface area (Å²) in [4.78, 5) is 2.75. The van der Waals surface area contributed by atoms with Crippen molar-refractivity contribution in [3.63, 3.8) is 0 Å². The van der Waals surface area contributed by atoms with Gasteiger partial charge in [-0.3, -0.25) is 4.90 Å². The topological polar surface area (TPSA) is 24.5 Å². The van der Waals surface area contributed by atoms with Crippen molar-refractivity contribution in [1.29, 1.82) is 0 Å². The predicted molar refractivity (Wildman–Crippen MR) is 85.2 cm³/mol. The van der Waals surface area contributed by atoms with Gasteiger partial charge in [-0.2, -0.15) is 0 Å². The van der Waals surface area contributed by atoms with Crippen LogP contribution in [0.1, 0.15) is 66.2 Å². The van der Waals surface area contributed by atoms with Crippen LogP contribution in [0.4, 0.5) is 0 Å². The Labute approximate surface area is 125 Å². The number of hydrogen-bond donors (Lipinski definition) is 1. The second-order valence-corrected chi connectivity index (χ2v) is 7.04. The molecule has 1 N–H and O–H groups in total. The van der Waals surface area contributed by atoms with Gasteiger partial charge in [0.2, 0.25) is 0 Å². The Bertz CT molecular complexity index is 297. The van der Waals surface area contributed by atoms with E-state index in [0.29, 0.717) is 17.2 Å². The Balaban J connectivity index is 1.99. The van der Waals surface area contributed by atoms with E-state index >= 15 is 0 Å². The summed E-state index contributed by atoms with van der Waals surface area (Å²) in [5.41, 5.74) is 0.637. The fourth-order valence-electron chi connectivity index (χ4n) is 3.69. The van der Waals surface area contributed by atoms with Gasteiger partial charge in [0, 0.05) is 37.3 Å². The first-order chi connectivity index (χ1) is 9.57. The van der Waals surface area contributed by atoms with Crippen molar-refractivity contribution in [2.24, 2.45) is 0 Å². The highest BCUT2D eigenvalue weighted by Gasteiger charge is 2.42. The Hall–Kier alpha value is -0.120. The summed E-state index contributed by atoms with van der Waals surface area (Å²) in [6.45, 7) is 13.9. The molecule has 0 aromatic rings. The molecular weight excluding hydrogens is 248 g/mol. The summed E-state index contributed by atoms with van der Waals surface area (Å²) in [6, 6.07) is 0. The van der Waals surface area contributed by atoms with Crippen LogP contribution in [-0.4, -0.2) is 48.3 Å². The molecule has 0 radical (unpaired) electrons. The molecule has 0 aliphatic carbocycles. The lowest BCUT2D eigenvalue weighted by atomic mass is 9.83. The van der Waals surface area contributed by atoms with Gasteiger partial charge in [-0.1, -0.05) is 20.8 Å². The summed E-state index contributed by atoms with van der Waals surface area (Å²) >= 11 is 0. The van der Waals surface area contributed by atoms with E-state index < -0.39 is 0 Å². The number of piperazine rings is 1. The van der Waals surface area contributed by atoms with Gasteiger partial charge < -0.3 is 10.1 Å². The van der Waals surface area contributed by atoms with Crippen LogP contribution in [0.15, 0.2) is 0 Å². The fraction of sp³-hybridized carbons (Fsp3) is 1.00. The van der Waals surface area contributed by atoms with E-state index in [-0.39, 0.29) is 0 Å². The SMILES string of the molecule is CCC1(CC)CN(CCC2CCCO2)C(C)(CC)CN1. The third kappa shape index (κ3) is 3.37. The molecule has 118 valence electrons. The van der Waals surface area contributed by atoms with Crippen LogP contribution < -0.4 is 5.32 Å². The largest absolute Gasteiger partial charge is 0.378 e. The zero-order chi connectivity index (χ0) is 14.6. The molecular formula is C17H34N2O. The summed E-state index contributed by atoms with van der Waals surface area (Å²) in [6.07, 6.45) is 7.91. The highest BCUT2D eigenvalue weighted by molar-refractivity contribution is 5.02. The average Bonchev–Trinajstić information content (AvgIpc) is 3.00. The van der Waals surface area contributed by atoms with E-state index in [0.717, 1.165) is 13.2 Å². The van der Waals surface area contributed by atoms with Crippen LogP contribution >= 0.6 is 0 Å². The first-order valence-electron chi connectivity index (χ1n) is 8.69. The van der Waals surface area contributed by atoms with Crippen LogP contribution in [-0.2, 0) is 4.74 Å². The van der Waals surface area contributed by atoms with Crippen molar-refractivity contribution >= 4 is 0 Å². The number of nitrogens with zero attached hydrogens (tertiary/aromatic N) is 1. The van der Waals surface area contributed by atoms with Crippen LogP contribution in [0, 0.1) is 0 Å². The van der Waals surface area contributed by atoms with Crippen LogP contribution in [0.5, 0.6) is 0 Å². The zero-order valence-corrected chi connectivity index (χ0v) is 14.0. The molecule has 2 heterocycles. The predicted octanol–water partition coefficient (Wildman–Crippen LogP) is 3.19. The third-order valence-electron chi connectivity index (χ3n) is 5.96. The molecule has 0 saturated carbocycles. The first kappa shape index (κ1) is 16.3. The van der Waals surface area contributed by atoms with Gasteiger partial charge in [0.25, 0.3) is 0 Å². The Morgan fingerprint density at radius 3 is 2.50 bits per heavy atom. The molecule has 0 spiro atoms. The van der Waals surface area contributed by atoms with Crippen LogP contribution in [0.2, 0.25) is 0 Å². The Morgan fingerprint density at radius 1 is 1.20 bits per heavy atom. The van der Waals surface area contributed by atoms with E-state index in [1.807, 2.05) is 0 Å². The van der Waals surface area contributed by atoms with Gasteiger partial charge in [-0.15, -0.1) is 0 Å². The van der Waals surface area contributed by atoms with E-state index in [9.17, 15) is 0 Å². The molecule has 2 unspecified atom stereocenters. The standard InChI is InChI=1S/C17H34N2O/c1-5-16(4)13-18-17(6-2,7-3)14-19(16)11-10-15-9-8-12-20-15/h15,18H,5-14H2,1-4H3. The molecule has 0 amide bonds. The maximum Gasteiger partial charge on any atom is 0.0588 e. The van der Waals surface area contributed by atoms with E-state index in [1.54, 1.807) is 0 Å². The lowest BCUT2D eigenvalue weighted by Crippen LogP contribution is -2.68. The maximum atomic E-state index is 5.81. The Morgan fingerprint density at radius 2 is 1.95 bits per heavy atom. The normalized spacial score (nSPS) is 34.5. The fourth-order valence-corrected chi connectivity index (χ4v) is 3.69. The van der Waals surface area contributed by atoms with Crippen molar-refractivity contribution in [2.75, 3.05) is 26.2 Å². The average molecular weight is 282 g/mol. The minimum atomic E-state index is 0.312. The van der Waals surface area contributed by atoms with Crippen LogP contribution in [0.25, 0.3) is 0 Å². The van der Waals surface area contributed by atoms with Crippen molar-refractivity contribution in [2.45, 2.75) is 83.4 Å². The molecule has 0 aromatic carbocycles. The van der Waals surface area contributed by atoms with Crippen molar-refractivity contribution in [3.05, 3.63) is 0 Å². The van der Waals surface area contributed by atoms with Gasteiger partial charge in [0.1, 0.15) is 0 Å². The number of nitrogens with one attached hydrogen (secondary N) is 1. The second-order valence-electron chi connectivity index (χ2n) is 7.04. The quantitative estimate of drug-likeness (QED) is 0.810. The molecule has 2 aliphatic rings. The van der Waals surface area contributed by atoms with Gasteiger partial charge in [-0.25, -0.2) is 0 Å². The maximum absolute atomic E-state index is 5.81. The van der Waals surface area contributed by atoms with Crippen molar-refractivity contribution < 1.29 is 4.74 Å². The highest BCUT2D eigenvalue weighted by Crippen LogP contribution is 2.31. The van der Waals surface area contributed by atoms with Crippen LogP contribution in [0.3, 0.4) is 0 Å². The molecule has 2 rings (SSSR count). The zero-order valence-electron chi connectivity index (χ0n) is 14.0. The molecule has 2 aliphatic heterocycles. The summed E-state index contributed by atoms with van der Waals surface area (Å²) < 4.78 is 5.81. The molecule has 2 atom stereocenters. The lowest BCUT2D eigenvalue weighted by molar-refractivity contribution is -0.00340. The third-order valence-corrected chi connectivity index (χ3v) is 5.96. The summed E-state index contributed by atoms with van der Waals surface area (Å²) in [5, 5.41) is 3.86. The van der Waals surface area contributed by atoms with E-state index in [1.165, 1.54) is 51.6 Å². The van der Waals surface area contributed by atoms with E-state index in [2.05, 4.69) is 37.9 Å². The molecule has 20 heavy (non-hydrogen) atoms. The molecule has 3 nitrogen and oxygen atoms in total. The Kier molecular flexibility index (Phi) is 5.49. The highest BCUT2D eigenvalue weighted by atomic mass is 16.5. The summed E-state index contributed by atoms with van der Waals surface area (Å²) in [5.74, 6) is 0. The molecule has 3 heteroatoms. The number of rotatable bonds is 6. The first-order valence-corrected chi connectivity index (χ1v) is 8.69. The van der Waals surface area contributed by atoms with Crippen molar-refractivity contribution in [3.8, 4) is 0 Å². The molecule has 0 bridgehead atoms. The number of ether oxygens (including phenoxy) is 1. The minimum Gasteiger partial charge on any atom is -0.378 e. The summed E-state index contributed by atoms with van der Waals surface area (Å²) in [7, 11) is 0. The van der Waals surface area contributed by atoms with Gasteiger partial charge in [0.15, 0.2) is 0 Å². The van der Waals surface area contributed by atoms with Gasteiger partial charge in [0.05, 0.1) is 6.10 Å². The second kappa shape index (κ2) is 6.76. The monoisotopic (exact) mass is 282 g/mol.